The molecule has 10 heteroatoms. The second kappa shape index (κ2) is 13.9. The van der Waals surface area contributed by atoms with Gasteiger partial charge in [0.25, 0.3) is 0 Å². The lowest BCUT2D eigenvalue weighted by molar-refractivity contribution is -0.139. The van der Waals surface area contributed by atoms with Crippen molar-refractivity contribution in [2.24, 2.45) is 11.7 Å². The first-order valence-electron chi connectivity index (χ1n) is 9.60. The van der Waals surface area contributed by atoms with Crippen LogP contribution in [0.2, 0.25) is 0 Å². The van der Waals surface area contributed by atoms with Crippen LogP contribution in [0.15, 0.2) is 30.3 Å². The number of nitrogens with one attached hydrogen (secondary N) is 1. The van der Waals surface area contributed by atoms with E-state index in [9.17, 15) is 14.7 Å². The van der Waals surface area contributed by atoms with Gasteiger partial charge in [-0.2, -0.15) is 0 Å². The molecule has 1 aliphatic heterocycles. The standard InChI is InChI=1S/C14H18N2O4.C5H13BNO2/c17-13(18)12(10-11-4-2-1-3-5-11)15-14(19)16-6-8-20-9-7-16;1-4(2)3-5(7)9-6-8/h1-5,12H,6-10H2,(H,15,19)(H,17,18);4-5,8H,3,7H2,1-2H3/t12-;5-/m01/s1. The Bertz CT molecular complexity index is 599. The number of carbonyl (C=O) groups excluding carboxylic acids is 1. The Hall–Kier alpha value is -2.14. The first-order chi connectivity index (χ1) is 13.8. The number of urea groups is 1. The van der Waals surface area contributed by atoms with E-state index in [-0.39, 0.29) is 18.7 Å². The van der Waals surface area contributed by atoms with Crippen LogP contribution in [0.1, 0.15) is 25.8 Å². The fraction of sp³-hybridized carbons (Fsp3) is 0.579. The molecule has 0 aliphatic carbocycles. The highest BCUT2D eigenvalue weighted by Crippen LogP contribution is 2.05. The van der Waals surface area contributed by atoms with Gasteiger partial charge in [-0.3, -0.25) is 0 Å². The van der Waals surface area contributed by atoms with Gasteiger partial charge in [0, 0.05) is 19.5 Å². The third kappa shape index (κ3) is 10.8. The normalized spacial score (nSPS) is 15.7. The minimum Gasteiger partial charge on any atom is -0.480 e. The molecule has 0 bridgehead atoms. The number of benzene rings is 1. The van der Waals surface area contributed by atoms with Crippen LogP contribution in [0, 0.1) is 5.92 Å². The summed E-state index contributed by atoms with van der Waals surface area (Å²) in [6.45, 7) is 6.04. The fourth-order valence-corrected chi connectivity index (χ4v) is 2.65. The highest BCUT2D eigenvalue weighted by molar-refractivity contribution is 6.15. The first kappa shape index (κ1) is 24.9. The van der Waals surface area contributed by atoms with E-state index in [2.05, 4.69) is 9.97 Å². The summed E-state index contributed by atoms with van der Waals surface area (Å²) in [5.41, 5.74) is 6.25. The molecule has 0 saturated carbocycles. The molecule has 29 heavy (non-hydrogen) atoms. The van der Waals surface area contributed by atoms with E-state index in [1.54, 1.807) is 4.90 Å². The Labute approximate surface area is 172 Å². The zero-order chi connectivity index (χ0) is 21.6. The molecule has 1 saturated heterocycles. The number of nitrogens with zero attached hydrogens (tertiary/aromatic N) is 1. The average molecular weight is 408 g/mol. The molecule has 2 amide bonds. The number of carboxylic acid groups (broad SMARTS) is 1. The van der Waals surface area contributed by atoms with Gasteiger partial charge in [-0.1, -0.05) is 44.2 Å². The Kier molecular flexibility index (Phi) is 12.0. The molecule has 0 spiro atoms. The van der Waals surface area contributed by atoms with Gasteiger partial charge in [0.2, 0.25) is 0 Å². The monoisotopic (exact) mass is 408 g/mol. The van der Waals surface area contributed by atoms with Crippen molar-refractivity contribution in [3.63, 3.8) is 0 Å². The number of ether oxygens (including phenoxy) is 1. The largest absolute Gasteiger partial charge is 0.486 e. The number of morpholine rings is 1. The third-order valence-electron chi connectivity index (χ3n) is 4.12. The van der Waals surface area contributed by atoms with Crippen molar-refractivity contribution >= 4 is 19.7 Å². The van der Waals surface area contributed by atoms with Crippen LogP contribution < -0.4 is 11.1 Å². The Morgan fingerprint density at radius 2 is 1.90 bits per heavy atom. The van der Waals surface area contributed by atoms with Crippen LogP contribution in [0.25, 0.3) is 0 Å². The second-order valence-electron chi connectivity index (χ2n) is 7.04. The summed E-state index contributed by atoms with van der Waals surface area (Å²) >= 11 is 0. The maximum Gasteiger partial charge on any atom is 0.486 e. The first-order valence-corrected chi connectivity index (χ1v) is 9.60. The van der Waals surface area contributed by atoms with Crippen LogP contribution in [0.3, 0.4) is 0 Å². The molecule has 2 atom stereocenters. The number of hydrogen-bond donors (Lipinski definition) is 4. The van der Waals surface area contributed by atoms with E-state index >= 15 is 0 Å². The van der Waals surface area contributed by atoms with Gasteiger partial charge in [0.05, 0.1) is 19.4 Å². The van der Waals surface area contributed by atoms with Gasteiger partial charge in [-0.15, -0.1) is 0 Å². The van der Waals surface area contributed by atoms with Crippen molar-refractivity contribution in [2.45, 2.75) is 39.0 Å². The molecule has 1 heterocycles. The molecule has 0 unspecified atom stereocenters. The summed E-state index contributed by atoms with van der Waals surface area (Å²) in [5.74, 6) is -0.532. The summed E-state index contributed by atoms with van der Waals surface area (Å²) in [7, 11) is 0.632. The minimum atomic E-state index is -1.03. The molecule has 1 aromatic rings. The lowest BCUT2D eigenvalue weighted by Gasteiger charge is -2.28. The predicted octanol–water partition coefficient (Wildman–Crippen LogP) is 0.585. The molecule has 2 rings (SSSR count). The number of hydrogen-bond acceptors (Lipinski definition) is 6. The van der Waals surface area contributed by atoms with Gasteiger partial charge in [0.1, 0.15) is 6.04 Å². The molecule has 1 aliphatic rings. The Balaban J connectivity index is 0.000000396. The lowest BCUT2D eigenvalue weighted by Crippen LogP contribution is -2.51. The highest BCUT2D eigenvalue weighted by atomic mass is 16.5. The van der Waals surface area contributed by atoms with E-state index in [0.29, 0.717) is 39.9 Å². The van der Waals surface area contributed by atoms with Crippen molar-refractivity contribution in [1.82, 2.24) is 10.2 Å². The van der Waals surface area contributed by atoms with Crippen molar-refractivity contribution < 1.29 is 29.1 Å². The summed E-state index contributed by atoms with van der Waals surface area (Å²) in [6, 6.07) is 7.97. The molecule has 9 nitrogen and oxygen atoms in total. The summed E-state index contributed by atoms with van der Waals surface area (Å²) in [6.07, 6.45) is 0.665. The van der Waals surface area contributed by atoms with E-state index in [0.717, 1.165) is 12.0 Å². The molecular weight excluding hydrogens is 377 g/mol. The van der Waals surface area contributed by atoms with Crippen LogP contribution in [0.4, 0.5) is 4.79 Å². The molecule has 0 aromatic heterocycles. The molecule has 1 radical (unpaired) electrons. The van der Waals surface area contributed by atoms with E-state index in [4.69, 9.17) is 15.5 Å². The molecule has 161 valence electrons. The Morgan fingerprint density at radius 3 is 2.41 bits per heavy atom. The Morgan fingerprint density at radius 1 is 1.28 bits per heavy atom. The molecule has 5 N–H and O–H groups in total. The quantitative estimate of drug-likeness (QED) is 0.365. The minimum absolute atomic E-state index is 0.270. The predicted molar refractivity (Wildman–Crippen MR) is 109 cm³/mol. The molecular formula is C19H31BN3O6. The van der Waals surface area contributed by atoms with Crippen LogP contribution >= 0.6 is 0 Å². The van der Waals surface area contributed by atoms with Gasteiger partial charge in [0.15, 0.2) is 0 Å². The van der Waals surface area contributed by atoms with Crippen LogP contribution in [0.5, 0.6) is 0 Å². The summed E-state index contributed by atoms with van der Waals surface area (Å²) in [4.78, 5) is 24.8. The zero-order valence-electron chi connectivity index (χ0n) is 17.0. The van der Waals surface area contributed by atoms with E-state index in [1.807, 2.05) is 44.2 Å². The van der Waals surface area contributed by atoms with Crippen molar-refractivity contribution in [1.29, 1.82) is 0 Å². The number of amides is 2. The SMILES string of the molecule is CC(C)C[C@H](N)O[B]O.O=C(O)[C@H](Cc1ccccc1)NC(=O)N1CCOCC1. The van der Waals surface area contributed by atoms with Gasteiger partial charge >= 0.3 is 19.7 Å². The summed E-state index contributed by atoms with van der Waals surface area (Å²) < 4.78 is 9.72. The molecule has 1 fully saturated rings. The van der Waals surface area contributed by atoms with Crippen molar-refractivity contribution in [2.75, 3.05) is 26.3 Å². The molecule has 1 aromatic carbocycles. The highest BCUT2D eigenvalue weighted by Gasteiger charge is 2.24. The number of aliphatic carboxylic acids is 1. The third-order valence-corrected chi connectivity index (χ3v) is 4.12. The number of nitrogens with two attached hydrogens (primary N) is 1. The van der Waals surface area contributed by atoms with Gasteiger partial charge < -0.3 is 35.5 Å². The van der Waals surface area contributed by atoms with E-state index < -0.39 is 12.0 Å². The van der Waals surface area contributed by atoms with Crippen molar-refractivity contribution in [3.8, 4) is 0 Å². The fourth-order valence-electron chi connectivity index (χ4n) is 2.65. The maximum atomic E-state index is 12.0. The number of carboxylic acids is 1. The maximum absolute atomic E-state index is 12.0. The van der Waals surface area contributed by atoms with Crippen molar-refractivity contribution in [3.05, 3.63) is 35.9 Å². The second-order valence-corrected chi connectivity index (χ2v) is 7.04. The summed E-state index contributed by atoms with van der Waals surface area (Å²) in [5, 5.41) is 19.9. The van der Waals surface area contributed by atoms with Gasteiger partial charge in [-0.25, -0.2) is 9.59 Å². The van der Waals surface area contributed by atoms with Crippen LogP contribution in [-0.2, 0) is 20.6 Å². The van der Waals surface area contributed by atoms with Gasteiger partial charge in [-0.05, 0) is 17.9 Å². The zero-order valence-corrected chi connectivity index (χ0v) is 17.0. The van der Waals surface area contributed by atoms with E-state index in [1.165, 1.54) is 0 Å². The topological polar surface area (TPSA) is 134 Å². The lowest BCUT2D eigenvalue weighted by atomic mass is 10.1. The average Bonchev–Trinajstić information content (AvgIpc) is 2.69. The number of carbonyl (C=O) groups is 2. The number of rotatable bonds is 8. The smallest absolute Gasteiger partial charge is 0.480 e. The van der Waals surface area contributed by atoms with Crippen LogP contribution in [-0.4, -0.2) is 73.3 Å².